The van der Waals surface area contributed by atoms with E-state index in [1.165, 1.54) is 0 Å². The fourth-order valence-electron chi connectivity index (χ4n) is 3.23. The van der Waals surface area contributed by atoms with E-state index in [0.29, 0.717) is 25.3 Å². The van der Waals surface area contributed by atoms with Gasteiger partial charge in [-0.2, -0.15) is 0 Å². The topological polar surface area (TPSA) is 50.8 Å². The van der Waals surface area contributed by atoms with Crippen LogP contribution in [0, 0.1) is 0 Å². The molecule has 5 nitrogen and oxygen atoms in total. The highest BCUT2D eigenvalue weighted by Gasteiger charge is 2.36. The molecular weight excluding hydrogens is 244 g/mol. The number of methoxy groups -OCH3 is 1. The number of hydrogen-bond donors (Lipinski definition) is 1. The number of carbonyl (C=O) groups is 1. The second kappa shape index (κ2) is 7.22. The Labute approximate surface area is 115 Å². The maximum Gasteiger partial charge on any atom is 0.324 e. The molecule has 1 saturated carbocycles. The molecule has 110 valence electrons. The van der Waals surface area contributed by atoms with Gasteiger partial charge < -0.3 is 14.8 Å². The molecule has 0 amide bonds. The molecule has 19 heavy (non-hydrogen) atoms. The van der Waals surface area contributed by atoms with Crippen molar-refractivity contribution in [2.45, 2.75) is 50.8 Å². The lowest BCUT2D eigenvalue weighted by atomic mass is 9.90. The zero-order chi connectivity index (χ0) is 13.7. The van der Waals surface area contributed by atoms with E-state index in [9.17, 15) is 4.79 Å². The van der Waals surface area contributed by atoms with Crippen molar-refractivity contribution in [1.29, 1.82) is 0 Å². The number of nitrogens with zero attached hydrogens (tertiary/aromatic N) is 1. The van der Waals surface area contributed by atoms with Gasteiger partial charge in [0.1, 0.15) is 6.04 Å². The molecule has 5 heteroatoms. The highest BCUT2D eigenvalue weighted by molar-refractivity contribution is 5.76. The van der Waals surface area contributed by atoms with Crippen molar-refractivity contribution in [3.05, 3.63) is 0 Å². The average molecular weight is 270 g/mol. The largest absolute Gasteiger partial charge is 0.465 e. The van der Waals surface area contributed by atoms with Crippen molar-refractivity contribution in [1.82, 2.24) is 10.2 Å². The normalized spacial score (nSPS) is 33.1. The van der Waals surface area contributed by atoms with Crippen molar-refractivity contribution < 1.29 is 14.3 Å². The standard InChI is InChI=1S/C14H26N2O3/c1-3-19-14(17)13-10-15-8-9-16(13)11-4-6-12(18-2)7-5-11/h11-13,15H,3-10H2,1-2H3. The van der Waals surface area contributed by atoms with Crippen molar-refractivity contribution in [2.75, 3.05) is 33.4 Å². The highest BCUT2D eigenvalue weighted by atomic mass is 16.5. The number of nitrogens with one attached hydrogen (secondary N) is 1. The van der Waals surface area contributed by atoms with Crippen LogP contribution in [0.5, 0.6) is 0 Å². The first-order chi connectivity index (χ1) is 9.26. The van der Waals surface area contributed by atoms with Crippen LogP contribution in [-0.2, 0) is 14.3 Å². The van der Waals surface area contributed by atoms with Crippen molar-refractivity contribution in [2.24, 2.45) is 0 Å². The molecule has 1 atom stereocenters. The molecule has 0 aromatic carbocycles. The average Bonchev–Trinajstić information content (AvgIpc) is 2.47. The van der Waals surface area contributed by atoms with Gasteiger partial charge in [0, 0.05) is 32.8 Å². The highest BCUT2D eigenvalue weighted by Crippen LogP contribution is 2.26. The van der Waals surface area contributed by atoms with Crippen LogP contribution in [0.25, 0.3) is 0 Å². The van der Waals surface area contributed by atoms with E-state index in [4.69, 9.17) is 9.47 Å². The van der Waals surface area contributed by atoms with Crippen LogP contribution < -0.4 is 5.32 Å². The second-order valence-corrected chi connectivity index (χ2v) is 5.38. The molecule has 1 aliphatic heterocycles. The van der Waals surface area contributed by atoms with Gasteiger partial charge in [0.2, 0.25) is 0 Å². The maximum absolute atomic E-state index is 12.0. The number of hydrogen-bond acceptors (Lipinski definition) is 5. The van der Waals surface area contributed by atoms with Crippen LogP contribution >= 0.6 is 0 Å². The SMILES string of the molecule is CCOC(=O)C1CNCCN1C1CCC(OC)CC1. The lowest BCUT2D eigenvalue weighted by Crippen LogP contribution is -2.59. The number of rotatable bonds is 4. The molecule has 0 aromatic heterocycles. The summed E-state index contributed by atoms with van der Waals surface area (Å²) in [6.07, 6.45) is 4.84. The summed E-state index contributed by atoms with van der Waals surface area (Å²) in [6, 6.07) is 0.390. The first-order valence-electron chi connectivity index (χ1n) is 7.42. The minimum atomic E-state index is -0.113. The van der Waals surface area contributed by atoms with Crippen molar-refractivity contribution in [3.63, 3.8) is 0 Å². The van der Waals surface area contributed by atoms with E-state index in [2.05, 4.69) is 10.2 Å². The van der Waals surface area contributed by atoms with Crippen molar-refractivity contribution in [3.8, 4) is 0 Å². The molecule has 0 spiro atoms. The molecule has 0 bridgehead atoms. The van der Waals surface area contributed by atoms with Crippen molar-refractivity contribution >= 4 is 5.97 Å². The van der Waals surface area contributed by atoms with Crippen LogP contribution in [0.4, 0.5) is 0 Å². The van der Waals surface area contributed by atoms with Crippen LogP contribution in [0.2, 0.25) is 0 Å². The Bertz CT molecular complexity index is 290. The third-order valence-electron chi connectivity index (χ3n) is 4.29. The van der Waals surface area contributed by atoms with Crippen LogP contribution in [-0.4, -0.2) is 62.4 Å². The first kappa shape index (κ1) is 14.8. The summed E-state index contributed by atoms with van der Waals surface area (Å²) in [5.41, 5.74) is 0. The van der Waals surface area contributed by atoms with Gasteiger partial charge in [0.15, 0.2) is 0 Å². The fraction of sp³-hybridized carbons (Fsp3) is 0.929. The third-order valence-corrected chi connectivity index (χ3v) is 4.29. The zero-order valence-electron chi connectivity index (χ0n) is 12.1. The Kier molecular flexibility index (Phi) is 5.60. The monoisotopic (exact) mass is 270 g/mol. The Morgan fingerprint density at radius 1 is 1.32 bits per heavy atom. The molecular formula is C14H26N2O3. The lowest BCUT2D eigenvalue weighted by Gasteiger charge is -2.42. The molecule has 0 aromatic rings. The summed E-state index contributed by atoms with van der Waals surface area (Å²) >= 11 is 0. The van der Waals surface area contributed by atoms with Gasteiger partial charge in [0.25, 0.3) is 0 Å². The first-order valence-corrected chi connectivity index (χ1v) is 7.42. The maximum atomic E-state index is 12.0. The molecule has 1 unspecified atom stereocenters. The fourth-order valence-corrected chi connectivity index (χ4v) is 3.23. The van der Waals surface area contributed by atoms with E-state index < -0.39 is 0 Å². The molecule has 2 aliphatic rings. The van der Waals surface area contributed by atoms with Gasteiger partial charge >= 0.3 is 5.97 Å². The number of carbonyl (C=O) groups excluding carboxylic acids is 1. The van der Waals surface area contributed by atoms with Gasteiger partial charge in [-0.15, -0.1) is 0 Å². The van der Waals surface area contributed by atoms with Crippen LogP contribution in [0.1, 0.15) is 32.6 Å². The third kappa shape index (κ3) is 3.68. The van der Waals surface area contributed by atoms with E-state index in [1.807, 2.05) is 6.92 Å². The second-order valence-electron chi connectivity index (χ2n) is 5.38. The zero-order valence-corrected chi connectivity index (χ0v) is 12.1. The Morgan fingerprint density at radius 2 is 2.05 bits per heavy atom. The predicted octanol–water partition coefficient (Wildman–Crippen LogP) is 0.781. The molecule has 1 saturated heterocycles. The summed E-state index contributed by atoms with van der Waals surface area (Å²) in [6.45, 7) is 4.93. The summed E-state index contributed by atoms with van der Waals surface area (Å²) in [5, 5.41) is 3.30. The van der Waals surface area contributed by atoms with E-state index in [1.54, 1.807) is 7.11 Å². The molecule has 1 N–H and O–H groups in total. The van der Waals surface area contributed by atoms with Gasteiger partial charge in [-0.05, 0) is 32.6 Å². The lowest BCUT2D eigenvalue weighted by molar-refractivity contribution is -0.152. The van der Waals surface area contributed by atoms with Gasteiger partial charge in [-0.1, -0.05) is 0 Å². The minimum absolute atomic E-state index is 0.0800. The number of esters is 1. The summed E-state index contributed by atoms with van der Waals surface area (Å²) < 4.78 is 10.6. The summed E-state index contributed by atoms with van der Waals surface area (Å²) in [7, 11) is 1.79. The van der Waals surface area contributed by atoms with Gasteiger partial charge in [-0.3, -0.25) is 9.69 Å². The summed E-state index contributed by atoms with van der Waals surface area (Å²) in [5.74, 6) is -0.0800. The summed E-state index contributed by atoms with van der Waals surface area (Å²) in [4.78, 5) is 14.4. The van der Waals surface area contributed by atoms with Gasteiger partial charge in [0.05, 0.1) is 12.7 Å². The van der Waals surface area contributed by atoms with E-state index in [-0.39, 0.29) is 12.0 Å². The van der Waals surface area contributed by atoms with Gasteiger partial charge in [-0.25, -0.2) is 0 Å². The molecule has 1 aliphatic carbocycles. The van der Waals surface area contributed by atoms with E-state index in [0.717, 1.165) is 38.8 Å². The Morgan fingerprint density at radius 3 is 2.68 bits per heavy atom. The molecule has 2 rings (SSSR count). The molecule has 2 fully saturated rings. The number of piperazine rings is 1. The number of ether oxygens (including phenoxy) is 2. The van der Waals surface area contributed by atoms with Crippen LogP contribution in [0.3, 0.4) is 0 Å². The smallest absolute Gasteiger partial charge is 0.324 e. The van der Waals surface area contributed by atoms with E-state index >= 15 is 0 Å². The minimum Gasteiger partial charge on any atom is -0.465 e. The Balaban J connectivity index is 1.94. The van der Waals surface area contributed by atoms with Crippen LogP contribution in [0.15, 0.2) is 0 Å². The predicted molar refractivity (Wildman–Crippen MR) is 73.0 cm³/mol. The molecule has 1 heterocycles. The Hall–Kier alpha value is -0.650. The molecule has 0 radical (unpaired) electrons. The quantitative estimate of drug-likeness (QED) is 0.765.